The molecule has 0 aromatic heterocycles. The van der Waals surface area contributed by atoms with Crippen molar-refractivity contribution in [3.63, 3.8) is 0 Å². The number of carbonyl (C=O) groups excluding carboxylic acids is 2. The minimum absolute atomic E-state index is 0.0920. The fourth-order valence-electron chi connectivity index (χ4n) is 5.47. The van der Waals surface area contributed by atoms with Gasteiger partial charge in [0.25, 0.3) is 0 Å². The maximum absolute atomic E-state index is 12.7. The van der Waals surface area contributed by atoms with Crippen molar-refractivity contribution in [3.8, 4) is 0 Å². The summed E-state index contributed by atoms with van der Waals surface area (Å²) in [7, 11) is 1.31. The monoisotopic (exact) mass is 480 g/mol. The molecular weight excluding hydrogens is 452 g/mol. The lowest BCUT2D eigenvalue weighted by molar-refractivity contribution is -0.163. The van der Waals surface area contributed by atoms with E-state index in [9.17, 15) is 19.8 Å². The minimum Gasteiger partial charge on any atom is -0.464 e. The van der Waals surface area contributed by atoms with Crippen molar-refractivity contribution < 1.29 is 24.5 Å². The number of β-lactam (4-membered cyclic amide) rings is 1. The van der Waals surface area contributed by atoms with Gasteiger partial charge in [0.05, 0.1) is 30.9 Å². The lowest BCUT2D eigenvalue weighted by Crippen LogP contribution is -2.63. The predicted molar refractivity (Wildman–Crippen MR) is 131 cm³/mol. The van der Waals surface area contributed by atoms with Crippen molar-refractivity contribution in [3.05, 3.63) is 59.3 Å². The van der Waals surface area contributed by atoms with E-state index in [1.807, 2.05) is 25.1 Å². The van der Waals surface area contributed by atoms with Gasteiger partial charge in [-0.25, -0.2) is 4.79 Å². The minimum atomic E-state index is -0.772. The van der Waals surface area contributed by atoms with E-state index < -0.39 is 18.0 Å². The van der Waals surface area contributed by atoms with Crippen LogP contribution in [0, 0.1) is 11.8 Å². The maximum Gasteiger partial charge on any atom is 0.355 e. The number of anilines is 1. The van der Waals surface area contributed by atoms with Crippen LogP contribution in [0.4, 0.5) is 5.69 Å². The molecule has 2 N–H and O–H groups in total. The summed E-state index contributed by atoms with van der Waals surface area (Å²) >= 11 is 1.66. The molecule has 0 radical (unpaired) electrons. The molecule has 4 unspecified atom stereocenters. The number of benzene rings is 2. The molecule has 8 heteroatoms. The van der Waals surface area contributed by atoms with E-state index in [1.54, 1.807) is 18.9 Å². The van der Waals surface area contributed by atoms with Gasteiger partial charge in [0.2, 0.25) is 5.91 Å². The quantitative estimate of drug-likeness (QED) is 0.358. The normalized spacial score (nSPS) is 24.3. The highest BCUT2D eigenvalue weighted by molar-refractivity contribution is 8.01. The summed E-state index contributed by atoms with van der Waals surface area (Å²) in [6.07, 6.45) is 3.76. The number of ether oxygens (including phenoxy) is 1. The molecule has 0 spiro atoms. The second kappa shape index (κ2) is 8.76. The average molecular weight is 481 g/mol. The Morgan fingerprint density at radius 2 is 2.09 bits per heavy atom. The van der Waals surface area contributed by atoms with Crippen molar-refractivity contribution >= 4 is 40.3 Å². The van der Waals surface area contributed by atoms with Gasteiger partial charge in [0.1, 0.15) is 5.70 Å². The van der Waals surface area contributed by atoms with E-state index in [-0.39, 0.29) is 30.2 Å². The van der Waals surface area contributed by atoms with Gasteiger partial charge in [-0.05, 0) is 47.9 Å². The molecule has 1 amide bonds. The lowest BCUT2D eigenvalue weighted by atomic mass is 9.78. The Bertz CT molecular complexity index is 1240. The molecule has 2 aromatic carbocycles. The van der Waals surface area contributed by atoms with E-state index >= 15 is 0 Å². The van der Waals surface area contributed by atoms with Gasteiger partial charge in [-0.1, -0.05) is 43.3 Å². The van der Waals surface area contributed by atoms with Gasteiger partial charge in [-0.3, -0.25) is 4.79 Å². The van der Waals surface area contributed by atoms with Gasteiger partial charge >= 0.3 is 5.97 Å². The zero-order valence-corrected chi connectivity index (χ0v) is 20.2. The van der Waals surface area contributed by atoms with Crippen molar-refractivity contribution in [1.29, 1.82) is 0 Å². The molecule has 178 valence electrons. The second-order valence-electron chi connectivity index (χ2n) is 9.01. The first-order valence-electron chi connectivity index (χ1n) is 11.5. The number of rotatable bonds is 7. The summed E-state index contributed by atoms with van der Waals surface area (Å²) in [5.41, 5.74) is 3.29. The third-order valence-corrected chi connectivity index (χ3v) is 8.30. The zero-order valence-electron chi connectivity index (χ0n) is 19.4. The van der Waals surface area contributed by atoms with Crippen LogP contribution in [-0.2, 0) is 20.7 Å². The SMILES string of the molecule is COC(=O)C1=C(/C=C/CN2Sc3c(CCO)ccc4cccc2c34)C(C)C2C(C(C)O)C(=O)N12. The fraction of sp³-hybridized carbons (Fsp3) is 0.385. The third-order valence-electron chi connectivity index (χ3n) is 7.08. The van der Waals surface area contributed by atoms with Crippen molar-refractivity contribution in [1.82, 2.24) is 4.90 Å². The van der Waals surface area contributed by atoms with E-state index in [2.05, 4.69) is 28.6 Å². The highest BCUT2D eigenvalue weighted by atomic mass is 32.2. The van der Waals surface area contributed by atoms with E-state index in [0.29, 0.717) is 13.0 Å². The molecule has 1 fully saturated rings. The van der Waals surface area contributed by atoms with Gasteiger partial charge in [0.15, 0.2) is 0 Å². The van der Waals surface area contributed by atoms with E-state index in [0.717, 1.165) is 16.8 Å². The number of esters is 1. The van der Waals surface area contributed by atoms with Crippen LogP contribution in [0.2, 0.25) is 0 Å². The van der Waals surface area contributed by atoms with Crippen LogP contribution in [0.5, 0.6) is 0 Å². The number of methoxy groups -OCH3 is 1. The predicted octanol–water partition coefficient (Wildman–Crippen LogP) is 3.04. The molecule has 3 aliphatic rings. The number of aliphatic hydroxyl groups is 2. The number of allylic oxidation sites excluding steroid dienone is 1. The van der Waals surface area contributed by atoms with Crippen LogP contribution < -0.4 is 4.31 Å². The Morgan fingerprint density at radius 3 is 2.79 bits per heavy atom. The summed E-state index contributed by atoms with van der Waals surface area (Å²) in [4.78, 5) is 27.9. The first-order chi connectivity index (χ1) is 16.4. The number of carbonyl (C=O) groups is 2. The van der Waals surface area contributed by atoms with Crippen LogP contribution in [-0.4, -0.2) is 59.4 Å². The largest absolute Gasteiger partial charge is 0.464 e. The van der Waals surface area contributed by atoms with Crippen molar-refractivity contribution in [2.24, 2.45) is 11.8 Å². The summed E-state index contributed by atoms with van der Waals surface area (Å²) in [5, 5.41) is 21.9. The Kier molecular flexibility index (Phi) is 5.91. The highest BCUT2D eigenvalue weighted by Gasteiger charge is 2.59. The Labute approximate surface area is 202 Å². The summed E-state index contributed by atoms with van der Waals surface area (Å²) in [6.45, 7) is 4.30. The number of fused-ring (bicyclic) bond motifs is 1. The van der Waals surface area contributed by atoms with Crippen LogP contribution in [0.25, 0.3) is 10.8 Å². The first-order valence-corrected chi connectivity index (χ1v) is 12.3. The molecule has 3 heterocycles. The number of amides is 1. The molecule has 5 rings (SSSR count). The fourth-order valence-corrected chi connectivity index (χ4v) is 6.70. The van der Waals surface area contributed by atoms with Crippen LogP contribution in [0.3, 0.4) is 0 Å². The van der Waals surface area contributed by atoms with Gasteiger partial charge in [-0.15, -0.1) is 0 Å². The number of nitrogens with zero attached hydrogens (tertiary/aromatic N) is 2. The number of hydrogen-bond donors (Lipinski definition) is 2. The third kappa shape index (κ3) is 3.35. The number of aliphatic hydroxyl groups excluding tert-OH is 2. The summed E-state index contributed by atoms with van der Waals surface area (Å²) in [6, 6.07) is 10.2. The Balaban J connectivity index is 1.42. The van der Waals surface area contributed by atoms with Gasteiger partial charge in [0, 0.05) is 29.4 Å². The van der Waals surface area contributed by atoms with Crippen molar-refractivity contribution in [2.45, 2.75) is 37.3 Å². The average Bonchev–Trinajstić information content (AvgIpc) is 3.30. The Morgan fingerprint density at radius 1 is 1.29 bits per heavy atom. The van der Waals surface area contributed by atoms with Crippen LogP contribution in [0.1, 0.15) is 19.4 Å². The molecular formula is C26H28N2O5S. The Hall–Kier alpha value is -2.81. The summed E-state index contributed by atoms with van der Waals surface area (Å²) < 4.78 is 7.18. The molecule has 3 aliphatic heterocycles. The lowest BCUT2D eigenvalue weighted by Gasteiger charge is -2.46. The molecule has 0 saturated carbocycles. The molecule has 34 heavy (non-hydrogen) atoms. The smallest absolute Gasteiger partial charge is 0.355 e. The maximum atomic E-state index is 12.7. The topological polar surface area (TPSA) is 90.3 Å². The van der Waals surface area contributed by atoms with Gasteiger partial charge in [-0.2, -0.15) is 0 Å². The molecule has 0 aliphatic carbocycles. The van der Waals surface area contributed by atoms with E-state index in [4.69, 9.17) is 4.74 Å². The molecule has 4 atom stereocenters. The number of hydrogen-bond acceptors (Lipinski definition) is 7. The molecule has 1 saturated heterocycles. The summed E-state index contributed by atoms with van der Waals surface area (Å²) in [5.74, 6) is -1.37. The molecule has 7 nitrogen and oxygen atoms in total. The molecule has 0 bridgehead atoms. The molecule has 2 aromatic rings. The standard InChI is InChI=1S/C26H28N2O5S/c1-14-18(23(26(32)33-3)28-22(14)20(15(2)30)25(28)31)7-5-12-27-19-8-4-6-16-9-10-17(11-13-29)24(34-27)21(16)19/h4-10,14-15,20,22,29-30H,11-13H2,1-3H3/b7-5+. The zero-order chi connectivity index (χ0) is 24.1. The van der Waals surface area contributed by atoms with E-state index in [1.165, 1.54) is 27.7 Å². The van der Waals surface area contributed by atoms with Gasteiger partial charge < -0.3 is 24.2 Å². The van der Waals surface area contributed by atoms with Crippen molar-refractivity contribution in [2.75, 3.05) is 24.6 Å². The highest BCUT2D eigenvalue weighted by Crippen LogP contribution is 2.49. The first kappa shape index (κ1) is 23.0. The van der Waals surface area contributed by atoms with Crippen LogP contribution in [0.15, 0.2) is 58.6 Å². The van der Waals surface area contributed by atoms with Crippen LogP contribution >= 0.6 is 11.9 Å². The second-order valence-corrected chi connectivity index (χ2v) is 10.0.